The predicted octanol–water partition coefficient (Wildman–Crippen LogP) is 3.71. The number of carbonyl (C=O) groups excluding carboxylic acids is 4. The number of alkyl halides is 3. The molecule has 1 unspecified atom stereocenters. The van der Waals surface area contributed by atoms with Crippen molar-refractivity contribution in [1.82, 2.24) is 10.2 Å². The van der Waals surface area contributed by atoms with Crippen molar-refractivity contribution >= 4 is 46.1 Å². The first-order valence-electron chi connectivity index (χ1n) is 13.4. The van der Waals surface area contributed by atoms with E-state index in [1.807, 2.05) is 0 Å². The van der Waals surface area contributed by atoms with Crippen molar-refractivity contribution in [3.63, 3.8) is 0 Å². The van der Waals surface area contributed by atoms with Gasteiger partial charge in [-0.1, -0.05) is 91.0 Å². The van der Waals surface area contributed by atoms with E-state index in [9.17, 15) is 40.8 Å². The molecule has 0 aliphatic carbocycles. The molecule has 3 atom stereocenters. The molecule has 240 valence electrons. The largest absolute Gasteiger partial charge is 0.534 e. The Labute approximate surface area is 264 Å². The predicted molar refractivity (Wildman–Crippen MR) is 155 cm³/mol. The van der Waals surface area contributed by atoms with Gasteiger partial charge in [-0.3, -0.25) is 19.3 Å². The number of nitrogens with one attached hydrogen (secondary N) is 1. The summed E-state index contributed by atoms with van der Waals surface area (Å²) in [7, 11) is -6.25. The average Bonchev–Trinajstić information content (AvgIpc) is 3.05. The van der Waals surface area contributed by atoms with E-state index in [4.69, 9.17) is 9.47 Å². The fraction of sp³-hybridized carbons (Fsp3) is 0.200. The molecule has 0 bridgehead atoms. The Morgan fingerprint density at radius 1 is 0.913 bits per heavy atom. The minimum absolute atomic E-state index is 0.0545. The van der Waals surface area contributed by atoms with Crippen LogP contribution >= 0.6 is 11.8 Å². The maximum Gasteiger partial charge on any atom is 0.534 e. The molecule has 2 amide bonds. The molecule has 2 aliphatic rings. The number of fused-ring (bicyclic) bond motifs is 1. The van der Waals surface area contributed by atoms with Crippen LogP contribution in [0.1, 0.15) is 28.9 Å². The molecule has 0 aromatic heterocycles. The lowest BCUT2D eigenvalue weighted by Crippen LogP contribution is -2.71. The number of ether oxygens (including phenoxy) is 2. The minimum atomic E-state index is -6.25. The van der Waals surface area contributed by atoms with Crippen molar-refractivity contribution < 1.29 is 54.4 Å². The third kappa shape index (κ3) is 6.57. The Morgan fingerprint density at radius 3 is 1.93 bits per heavy atom. The second-order valence-corrected chi connectivity index (χ2v) is 12.4. The Morgan fingerprint density at radius 2 is 1.43 bits per heavy atom. The van der Waals surface area contributed by atoms with Gasteiger partial charge in [-0.15, -0.1) is 11.8 Å². The molecule has 2 heterocycles. The lowest BCUT2D eigenvalue weighted by Gasteiger charge is -2.49. The van der Waals surface area contributed by atoms with Gasteiger partial charge in [0.15, 0.2) is 17.6 Å². The molecule has 2 aliphatic heterocycles. The zero-order valence-electron chi connectivity index (χ0n) is 23.3. The van der Waals surface area contributed by atoms with Crippen LogP contribution in [0.5, 0.6) is 0 Å². The third-order valence-corrected chi connectivity index (χ3v) is 9.12. The molecule has 0 radical (unpaired) electrons. The highest BCUT2D eigenvalue weighted by Crippen LogP contribution is 2.43. The van der Waals surface area contributed by atoms with Gasteiger partial charge in [0.05, 0.1) is 5.75 Å². The highest BCUT2D eigenvalue weighted by Gasteiger charge is 2.57. The molecule has 3 aromatic rings. The van der Waals surface area contributed by atoms with Crippen LogP contribution < -0.4 is 5.32 Å². The van der Waals surface area contributed by atoms with Crippen molar-refractivity contribution in [2.75, 3.05) is 5.75 Å². The summed E-state index contributed by atoms with van der Waals surface area (Å²) in [6.45, 7) is 0.0545. The number of benzene rings is 3. The summed E-state index contributed by atoms with van der Waals surface area (Å²) < 4.78 is 78.9. The quantitative estimate of drug-likeness (QED) is 0.105. The van der Waals surface area contributed by atoms with Gasteiger partial charge in [-0.25, -0.2) is 4.79 Å². The number of nitrogens with zero attached hydrogens (tertiary/aromatic N) is 1. The molecule has 1 N–H and O–H groups in total. The van der Waals surface area contributed by atoms with Crippen molar-refractivity contribution in [2.45, 2.75) is 29.1 Å². The van der Waals surface area contributed by atoms with E-state index in [1.54, 1.807) is 78.9 Å². The molecule has 16 heteroatoms. The van der Waals surface area contributed by atoms with Crippen LogP contribution in [-0.2, 0) is 43.0 Å². The number of hydrogen-bond donors (Lipinski definition) is 1. The van der Waals surface area contributed by atoms with Gasteiger partial charge in [-0.2, -0.15) is 21.6 Å². The summed E-state index contributed by atoms with van der Waals surface area (Å²) in [6, 6.07) is 23.2. The van der Waals surface area contributed by atoms with Gasteiger partial charge in [0.1, 0.15) is 11.4 Å². The fourth-order valence-corrected chi connectivity index (χ4v) is 6.60. The van der Waals surface area contributed by atoms with E-state index in [-0.39, 0.29) is 12.0 Å². The molecule has 46 heavy (non-hydrogen) atoms. The van der Waals surface area contributed by atoms with Crippen LogP contribution in [-0.4, -0.2) is 60.3 Å². The Balaban J connectivity index is 1.47. The van der Waals surface area contributed by atoms with E-state index in [0.29, 0.717) is 16.0 Å². The standard InChI is InChI=1S/C30H23F3N2O9S2/c31-30(32,33)46(40,41)44-21-16-45-28-22(34-26(37)25(42-17-36)20-14-8-3-9-15-20)27(38)35(28)23(21)29(39)43-24(18-10-4-1-5-11-18)19-12-6-2-7-13-19/h1-15,17,22,24-25,28H,16H2,(H,34,37)/t22?,25-,28-/m1/s1. The Kier molecular flexibility index (Phi) is 9.39. The summed E-state index contributed by atoms with van der Waals surface area (Å²) in [5.41, 5.74) is -5.48. The van der Waals surface area contributed by atoms with Crippen molar-refractivity contribution in [1.29, 1.82) is 0 Å². The molecule has 0 spiro atoms. The van der Waals surface area contributed by atoms with Crippen LogP contribution in [0.15, 0.2) is 102 Å². The van der Waals surface area contributed by atoms with E-state index >= 15 is 0 Å². The lowest BCUT2D eigenvalue weighted by molar-refractivity contribution is -0.156. The molecular weight excluding hydrogens is 653 g/mol. The number of esters is 1. The Bertz CT molecular complexity index is 1720. The number of thioether (sulfide) groups is 1. The molecule has 1 fully saturated rings. The summed E-state index contributed by atoms with van der Waals surface area (Å²) in [6.07, 6.45) is -2.56. The van der Waals surface area contributed by atoms with Crippen LogP contribution in [0.2, 0.25) is 0 Å². The number of hydrogen-bond acceptors (Lipinski definition) is 10. The lowest BCUT2D eigenvalue weighted by atomic mass is 10.0. The van der Waals surface area contributed by atoms with E-state index in [2.05, 4.69) is 9.50 Å². The van der Waals surface area contributed by atoms with Gasteiger partial charge in [0, 0.05) is 5.56 Å². The van der Waals surface area contributed by atoms with E-state index < -0.39 is 74.2 Å². The van der Waals surface area contributed by atoms with Crippen LogP contribution in [0.25, 0.3) is 0 Å². The van der Waals surface area contributed by atoms with Crippen molar-refractivity contribution in [2.24, 2.45) is 0 Å². The summed E-state index contributed by atoms with van der Waals surface area (Å²) in [4.78, 5) is 52.1. The molecule has 5 rings (SSSR count). The van der Waals surface area contributed by atoms with Crippen molar-refractivity contribution in [3.05, 3.63) is 119 Å². The molecule has 0 saturated carbocycles. The second kappa shape index (κ2) is 13.3. The van der Waals surface area contributed by atoms with Gasteiger partial charge in [0.2, 0.25) is 6.10 Å². The zero-order chi connectivity index (χ0) is 33.1. The minimum Gasteiger partial charge on any atom is -0.449 e. The summed E-state index contributed by atoms with van der Waals surface area (Å²) in [5.74, 6) is -4.81. The number of β-lactam (4-membered cyclic amide) rings is 1. The topological polar surface area (TPSA) is 145 Å². The van der Waals surface area contributed by atoms with Crippen LogP contribution in [0.4, 0.5) is 13.2 Å². The number of carbonyl (C=O) groups is 4. The Hall–Kier alpha value is -4.83. The number of halogens is 3. The van der Waals surface area contributed by atoms with Gasteiger partial charge in [-0.05, 0) is 11.1 Å². The third-order valence-electron chi connectivity index (χ3n) is 6.88. The van der Waals surface area contributed by atoms with Gasteiger partial charge in [0.25, 0.3) is 18.3 Å². The van der Waals surface area contributed by atoms with E-state index in [1.165, 1.54) is 12.1 Å². The normalized spacial score (nSPS) is 18.6. The van der Waals surface area contributed by atoms with Crippen molar-refractivity contribution in [3.8, 4) is 0 Å². The van der Waals surface area contributed by atoms with E-state index in [0.717, 1.165) is 11.8 Å². The highest BCUT2D eigenvalue weighted by atomic mass is 32.2. The molecule has 1 saturated heterocycles. The maximum absolute atomic E-state index is 13.8. The number of amides is 2. The smallest absolute Gasteiger partial charge is 0.449 e. The fourth-order valence-electron chi connectivity index (χ4n) is 4.78. The SMILES string of the molecule is O=CO[C@@H](C(=O)NC1C(=O)N2C(C(=O)OC(c3ccccc3)c3ccccc3)=C(OS(=O)(=O)C(F)(F)F)CS[C@H]12)c1ccccc1. The monoisotopic (exact) mass is 676 g/mol. The summed E-state index contributed by atoms with van der Waals surface area (Å²) in [5, 5.41) is 1.36. The molecule has 11 nitrogen and oxygen atoms in total. The van der Waals surface area contributed by atoms with Crippen LogP contribution in [0.3, 0.4) is 0 Å². The molecule has 3 aromatic carbocycles. The average molecular weight is 677 g/mol. The second-order valence-electron chi connectivity index (χ2n) is 9.78. The summed E-state index contributed by atoms with van der Waals surface area (Å²) >= 11 is 0.737. The first-order valence-corrected chi connectivity index (χ1v) is 15.8. The highest BCUT2D eigenvalue weighted by molar-refractivity contribution is 8.00. The maximum atomic E-state index is 13.8. The first kappa shape index (κ1) is 32.6. The van der Waals surface area contributed by atoms with Crippen LogP contribution in [0, 0.1) is 0 Å². The zero-order valence-corrected chi connectivity index (χ0v) is 25.0. The first-order chi connectivity index (χ1) is 21.9. The molecular formula is C30H23F3N2O9S2. The van der Waals surface area contributed by atoms with Gasteiger partial charge >= 0.3 is 21.6 Å². The van der Waals surface area contributed by atoms with Gasteiger partial charge < -0.3 is 19.0 Å². The number of rotatable bonds is 11.